The first kappa shape index (κ1) is 19.0. The van der Waals surface area contributed by atoms with Crippen molar-refractivity contribution in [2.75, 3.05) is 11.9 Å². The summed E-state index contributed by atoms with van der Waals surface area (Å²) < 4.78 is 0. The van der Waals surface area contributed by atoms with Gasteiger partial charge in [-0.05, 0) is 36.1 Å². The lowest BCUT2D eigenvalue weighted by Crippen LogP contribution is -2.46. The summed E-state index contributed by atoms with van der Waals surface area (Å²) in [5.41, 5.74) is 4.73. The molecule has 0 bridgehead atoms. The van der Waals surface area contributed by atoms with Gasteiger partial charge in [0, 0.05) is 24.8 Å². The van der Waals surface area contributed by atoms with E-state index in [9.17, 15) is 9.59 Å². The smallest absolute Gasteiger partial charge is 0.272 e. The molecule has 0 saturated carbocycles. The third-order valence-electron chi connectivity index (χ3n) is 5.20. The minimum atomic E-state index is -0.615. The van der Waals surface area contributed by atoms with Gasteiger partial charge in [-0.1, -0.05) is 47.9 Å². The number of nitrogens with zero attached hydrogens (tertiary/aromatic N) is 2. The van der Waals surface area contributed by atoms with Crippen molar-refractivity contribution in [2.24, 2.45) is 0 Å². The summed E-state index contributed by atoms with van der Waals surface area (Å²) in [7, 11) is 7.59. The Morgan fingerprint density at radius 2 is 2.03 bits per heavy atom. The van der Waals surface area contributed by atoms with Crippen molar-refractivity contribution in [2.45, 2.75) is 25.3 Å². The molecule has 29 heavy (non-hydrogen) atoms. The zero-order valence-electron chi connectivity index (χ0n) is 16.2. The number of carbonyl (C=O) groups is 2. The molecule has 144 valence electrons. The number of H-pyrrole nitrogens is 1. The summed E-state index contributed by atoms with van der Waals surface area (Å²) in [6, 6.07) is 16.6. The molecule has 6 nitrogen and oxygen atoms in total. The molecule has 4 rings (SSSR count). The van der Waals surface area contributed by atoms with Gasteiger partial charge in [0.2, 0.25) is 5.91 Å². The topological polar surface area (TPSA) is 78.1 Å². The summed E-state index contributed by atoms with van der Waals surface area (Å²) >= 11 is 0. The lowest BCUT2D eigenvalue weighted by Gasteiger charge is -2.22. The molecule has 7 heteroatoms. The van der Waals surface area contributed by atoms with Crippen LogP contribution >= 0.6 is 0 Å². The van der Waals surface area contributed by atoms with Crippen molar-refractivity contribution in [3.05, 3.63) is 77.1 Å². The highest BCUT2D eigenvalue weighted by Crippen LogP contribution is 2.25. The van der Waals surface area contributed by atoms with Crippen LogP contribution in [0.15, 0.2) is 54.6 Å². The highest BCUT2D eigenvalue weighted by molar-refractivity contribution is 6.32. The van der Waals surface area contributed by atoms with E-state index >= 15 is 0 Å². The Morgan fingerprint density at radius 3 is 2.83 bits per heavy atom. The van der Waals surface area contributed by atoms with Crippen molar-refractivity contribution >= 4 is 30.8 Å². The summed E-state index contributed by atoms with van der Waals surface area (Å²) in [4.78, 5) is 27.1. The van der Waals surface area contributed by atoms with Crippen molar-refractivity contribution in [3.8, 4) is 0 Å². The number of amides is 2. The standard InChI is InChI=1S/C22H21BN4O2/c1-27-20-10-8-16(23)12-15(20)7-9-18(22(27)29)24-21(28)19-13-17(25-26-19)11-14-5-3-2-4-6-14/h2-6,8,10,12-13,18H,7,9,11H2,1H3,(H,24,28)(H,25,26)/t18-/m0/s1. The summed E-state index contributed by atoms with van der Waals surface area (Å²) in [6.07, 6.45) is 1.82. The third kappa shape index (κ3) is 4.09. The number of likely N-dealkylation sites (N-methyl/N-ethyl adjacent to an activating group) is 1. The molecular formula is C22H21BN4O2. The summed E-state index contributed by atoms with van der Waals surface area (Å²) in [5, 5.41) is 9.86. The fourth-order valence-corrected chi connectivity index (χ4v) is 3.66. The first-order valence-electron chi connectivity index (χ1n) is 9.56. The Balaban J connectivity index is 1.45. The quantitative estimate of drug-likeness (QED) is 0.670. The van der Waals surface area contributed by atoms with Gasteiger partial charge < -0.3 is 10.2 Å². The van der Waals surface area contributed by atoms with E-state index in [1.165, 1.54) is 0 Å². The number of carbonyl (C=O) groups excluding carboxylic acids is 2. The number of benzene rings is 2. The molecule has 0 aliphatic carbocycles. The van der Waals surface area contributed by atoms with Crippen LogP contribution in [0, 0.1) is 0 Å². The Hall–Kier alpha value is -3.35. The van der Waals surface area contributed by atoms with Crippen LogP contribution in [0.25, 0.3) is 0 Å². The molecule has 0 unspecified atom stereocenters. The van der Waals surface area contributed by atoms with Crippen molar-refractivity contribution < 1.29 is 9.59 Å². The largest absolute Gasteiger partial charge is 0.339 e. The molecule has 0 fully saturated rings. The Bertz CT molecular complexity index is 1050. The minimum Gasteiger partial charge on any atom is -0.339 e. The van der Waals surface area contributed by atoms with Crippen LogP contribution < -0.4 is 15.7 Å². The normalized spacial score (nSPS) is 16.2. The molecule has 0 saturated heterocycles. The fraction of sp³-hybridized carbons (Fsp3) is 0.227. The van der Waals surface area contributed by atoms with Crippen LogP contribution in [0.3, 0.4) is 0 Å². The maximum absolute atomic E-state index is 12.9. The average molecular weight is 384 g/mol. The molecule has 1 aliphatic rings. The molecule has 2 amide bonds. The molecule has 3 aromatic rings. The first-order valence-corrected chi connectivity index (χ1v) is 9.56. The molecular weight excluding hydrogens is 363 g/mol. The molecule has 1 aliphatic heterocycles. The van der Waals surface area contributed by atoms with Gasteiger partial charge in [-0.2, -0.15) is 5.10 Å². The maximum Gasteiger partial charge on any atom is 0.272 e. The van der Waals surface area contributed by atoms with E-state index in [0.717, 1.165) is 22.5 Å². The SMILES string of the molecule is [B]c1ccc2c(c1)CC[C@H](NC(=O)c1cc(Cc3ccccc3)[nH]n1)C(=O)N2C. The lowest BCUT2D eigenvalue weighted by molar-refractivity contribution is -0.120. The number of hydrogen-bond acceptors (Lipinski definition) is 3. The van der Waals surface area contributed by atoms with Gasteiger partial charge in [0.1, 0.15) is 19.6 Å². The Kier molecular flexibility index (Phi) is 5.21. The van der Waals surface area contributed by atoms with Gasteiger partial charge in [0.25, 0.3) is 5.91 Å². The number of aromatic nitrogens is 2. The van der Waals surface area contributed by atoms with Crippen LogP contribution in [0.5, 0.6) is 0 Å². The monoisotopic (exact) mass is 384 g/mol. The predicted molar refractivity (Wildman–Crippen MR) is 113 cm³/mol. The second kappa shape index (κ2) is 7.95. The van der Waals surface area contributed by atoms with Gasteiger partial charge in [0.05, 0.1) is 0 Å². The molecule has 1 aromatic heterocycles. The number of aromatic amines is 1. The zero-order valence-corrected chi connectivity index (χ0v) is 16.2. The highest BCUT2D eigenvalue weighted by Gasteiger charge is 2.30. The Labute approximate surface area is 170 Å². The second-order valence-electron chi connectivity index (χ2n) is 7.29. The van der Waals surface area contributed by atoms with Gasteiger partial charge >= 0.3 is 0 Å². The number of anilines is 1. The zero-order chi connectivity index (χ0) is 20.4. The van der Waals surface area contributed by atoms with Crippen LogP contribution in [0.1, 0.15) is 33.7 Å². The van der Waals surface area contributed by atoms with Crippen LogP contribution in [0.2, 0.25) is 0 Å². The van der Waals surface area contributed by atoms with E-state index in [-0.39, 0.29) is 17.5 Å². The predicted octanol–water partition coefficient (Wildman–Crippen LogP) is 1.50. The average Bonchev–Trinajstić information content (AvgIpc) is 3.15. The molecule has 2 radical (unpaired) electrons. The van der Waals surface area contributed by atoms with Gasteiger partial charge in [-0.25, -0.2) is 0 Å². The molecule has 2 N–H and O–H groups in total. The fourth-order valence-electron chi connectivity index (χ4n) is 3.66. The second-order valence-corrected chi connectivity index (χ2v) is 7.29. The lowest BCUT2D eigenvalue weighted by atomic mass is 9.92. The van der Waals surface area contributed by atoms with Crippen LogP contribution in [-0.2, 0) is 17.6 Å². The number of hydrogen-bond donors (Lipinski definition) is 2. The van der Waals surface area contributed by atoms with Gasteiger partial charge in [-0.15, -0.1) is 0 Å². The van der Waals surface area contributed by atoms with E-state index in [4.69, 9.17) is 7.85 Å². The highest BCUT2D eigenvalue weighted by atomic mass is 16.2. The van der Waals surface area contributed by atoms with E-state index in [2.05, 4.69) is 15.5 Å². The number of nitrogens with one attached hydrogen (secondary N) is 2. The van der Waals surface area contributed by atoms with Crippen molar-refractivity contribution in [3.63, 3.8) is 0 Å². The molecule has 1 atom stereocenters. The first-order chi connectivity index (χ1) is 14.0. The number of aryl methyl sites for hydroxylation is 1. The number of fused-ring (bicyclic) bond motifs is 1. The Morgan fingerprint density at radius 1 is 1.24 bits per heavy atom. The van der Waals surface area contributed by atoms with E-state index in [0.29, 0.717) is 24.7 Å². The van der Waals surface area contributed by atoms with E-state index < -0.39 is 6.04 Å². The van der Waals surface area contributed by atoms with E-state index in [1.807, 2.05) is 42.5 Å². The summed E-state index contributed by atoms with van der Waals surface area (Å²) in [6.45, 7) is 0. The third-order valence-corrected chi connectivity index (χ3v) is 5.20. The van der Waals surface area contributed by atoms with E-state index in [1.54, 1.807) is 24.1 Å². The van der Waals surface area contributed by atoms with Gasteiger partial charge in [0.15, 0.2) is 0 Å². The summed E-state index contributed by atoms with van der Waals surface area (Å²) in [5.74, 6) is -0.514. The van der Waals surface area contributed by atoms with Crippen molar-refractivity contribution in [1.29, 1.82) is 0 Å². The molecule has 0 spiro atoms. The van der Waals surface area contributed by atoms with Gasteiger partial charge in [-0.3, -0.25) is 14.7 Å². The molecule has 2 aromatic carbocycles. The number of rotatable bonds is 4. The van der Waals surface area contributed by atoms with Crippen molar-refractivity contribution in [1.82, 2.24) is 15.5 Å². The maximum atomic E-state index is 12.9. The minimum absolute atomic E-state index is 0.151. The van der Waals surface area contributed by atoms with Crippen LogP contribution in [-0.4, -0.2) is 42.9 Å². The molecule has 2 heterocycles. The van der Waals surface area contributed by atoms with Crippen LogP contribution in [0.4, 0.5) is 5.69 Å².